The molecule has 5 heterocycles. The van der Waals surface area contributed by atoms with Crippen LogP contribution >= 0.6 is 0 Å². The molecule has 1 N–H and O–H groups in total. The summed E-state index contributed by atoms with van der Waals surface area (Å²) in [6.45, 7) is 27.4. The zero-order chi connectivity index (χ0) is 35.8. The highest BCUT2D eigenvalue weighted by Gasteiger charge is 2.79. The number of esters is 1. The second-order valence-electron chi connectivity index (χ2n) is 17.7. The number of amides is 2. The average molecular weight is 688 g/mol. The molecule has 3 fully saturated rings. The summed E-state index contributed by atoms with van der Waals surface area (Å²) >= 11 is 0. The topological polar surface area (TPSA) is 110 Å². The van der Waals surface area contributed by atoms with Crippen molar-refractivity contribution in [3.8, 4) is 0 Å². The second-order valence-corrected chi connectivity index (χ2v) is 27.6. The van der Waals surface area contributed by atoms with E-state index >= 15 is 0 Å². The predicted octanol–water partition coefficient (Wildman–Crippen LogP) is 5.58. The van der Waals surface area contributed by atoms with Crippen molar-refractivity contribution < 1.29 is 37.5 Å². The Kier molecular flexibility index (Phi) is 9.64. The van der Waals surface area contributed by atoms with Crippen molar-refractivity contribution in [2.45, 2.75) is 125 Å². The van der Waals surface area contributed by atoms with Crippen LogP contribution in [-0.4, -0.2) is 80.8 Å². The Morgan fingerprint density at radius 2 is 1.36 bits per heavy atom. The van der Waals surface area contributed by atoms with Crippen molar-refractivity contribution in [3.05, 3.63) is 35.8 Å². The number of ether oxygens (including phenoxy) is 1. The third kappa shape index (κ3) is 5.72. The fourth-order valence-electron chi connectivity index (χ4n) is 8.72. The van der Waals surface area contributed by atoms with E-state index in [4.69, 9.17) is 13.6 Å². The lowest BCUT2D eigenvalue weighted by Crippen LogP contribution is -2.75. The van der Waals surface area contributed by atoms with Gasteiger partial charge in [0.25, 0.3) is 0 Å². The van der Waals surface area contributed by atoms with E-state index in [9.17, 15) is 19.5 Å². The van der Waals surface area contributed by atoms with Gasteiger partial charge in [0, 0.05) is 17.2 Å². The van der Waals surface area contributed by atoms with Gasteiger partial charge in [-0.2, -0.15) is 0 Å². The largest absolute Gasteiger partial charge is 0.474 e. The van der Waals surface area contributed by atoms with Crippen molar-refractivity contribution in [3.63, 3.8) is 0 Å². The molecule has 9 nitrogen and oxygen atoms in total. The van der Waals surface area contributed by atoms with E-state index in [0.717, 1.165) is 21.9 Å². The smallest absolute Gasteiger partial charge is 0.330 e. The number of hydrogen-bond acceptors (Lipinski definition) is 7. The Balaban J connectivity index is 0.000000213. The summed E-state index contributed by atoms with van der Waals surface area (Å²) in [7, 11) is 0.489. The van der Waals surface area contributed by atoms with Crippen LogP contribution in [0.2, 0.25) is 39.3 Å². The zero-order valence-corrected chi connectivity index (χ0v) is 33.3. The van der Waals surface area contributed by atoms with E-state index in [1.54, 1.807) is 12.5 Å². The lowest BCUT2D eigenvalue weighted by atomic mass is 9.60. The number of β-lactam (4-membered cyclic amide) rings is 2. The minimum Gasteiger partial charge on any atom is -0.474 e. The monoisotopic (exact) mass is 687 g/mol. The van der Waals surface area contributed by atoms with Crippen LogP contribution in [0.5, 0.6) is 0 Å². The summed E-state index contributed by atoms with van der Waals surface area (Å²) in [5.74, 6) is 0.0134. The first kappa shape index (κ1) is 37.3. The molecule has 2 aromatic heterocycles. The molecule has 11 heteroatoms. The standard InChI is InChI=1S/C18H28NO4Si.C18H31NO3Si/c1-11(2)15-18(10-13(20)23-15)14(19(3,4)17(18)21)12-8-9-22-16(12)24(5,6)7;1-11(2)15(20)18(5)14(19(12(3)4)17(18)21)13-9-10-22-16(13)23(6,7)8/h8-9,11,14-15H,10H2,1-7H3;9-12,14-15,20H,1-8H3/q+1;/t2*14-,15-,18+/m00/s1. The highest BCUT2D eigenvalue weighted by atomic mass is 28.3. The molecular formula is C36H59N2O7Si2+. The molecule has 6 atom stereocenters. The van der Waals surface area contributed by atoms with E-state index in [2.05, 4.69) is 39.3 Å². The van der Waals surface area contributed by atoms with Crippen molar-refractivity contribution in [2.24, 2.45) is 22.7 Å². The van der Waals surface area contributed by atoms with Gasteiger partial charge in [-0.1, -0.05) is 67.0 Å². The number of carbonyl (C=O) groups excluding carboxylic acids is 3. The molecule has 2 aromatic rings. The fourth-order valence-corrected chi connectivity index (χ4v) is 11.7. The minimum atomic E-state index is -1.70. The van der Waals surface area contributed by atoms with Crippen LogP contribution in [0.1, 0.15) is 78.1 Å². The number of likely N-dealkylation sites (tertiary alicyclic amines) is 2. The molecular weight excluding hydrogens is 629 g/mol. The van der Waals surface area contributed by atoms with Gasteiger partial charge >= 0.3 is 11.9 Å². The number of carbonyl (C=O) groups is 3. The van der Waals surface area contributed by atoms with Gasteiger partial charge in [0.15, 0.2) is 5.41 Å². The van der Waals surface area contributed by atoms with Crippen LogP contribution in [0.4, 0.5) is 0 Å². The number of nitrogens with zero attached hydrogens (tertiary/aromatic N) is 2. The van der Waals surface area contributed by atoms with Gasteiger partial charge in [0.1, 0.15) is 28.3 Å². The van der Waals surface area contributed by atoms with Crippen molar-refractivity contribution in [1.29, 1.82) is 0 Å². The van der Waals surface area contributed by atoms with Crippen molar-refractivity contribution in [1.82, 2.24) is 4.90 Å². The van der Waals surface area contributed by atoms with Crippen LogP contribution in [0.15, 0.2) is 33.5 Å². The first-order chi connectivity index (χ1) is 21.4. The van der Waals surface area contributed by atoms with Crippen LogP contribution in [0, 0.1) is 22.7 Å². The predicted molar refractivity (Wildman–Crippen MR) is 189 cm³/mol. The molecule has 0 aromatic carbocycles. The van der Waals surface area contributed by atoms with Crippen LogP contribution in [0.3, 0.4) is 0 Å². The second kappa shape index (κ2) is 12.1. The van der Waals surface area contributed by atoms with Crippen molar-refractivity contribution in [2.75, 3.05) is 14.1 Å². The molecule has 0 radical (unpaired) electrons. The maximum Gasteiger partial charge on any atom is 0.330 e. The Hall–Kier alpha value is -2.48. The Morgan fingerprint density at radius 3 is 1.81 bits per heavy atom. The van der Waals surface area contributed by atoms with Gasteiger partial charge in [-0.15, -0.1) is 0 Å². The molecule has 5 rings (SSSR count). The molecule has 0 saturated carbocycles. The molecule has 3 aliphatic rings. The number of aliphatic hydroxyl groups is 1. The van der Waals surface area contributed by atoms with Gasteiger partial charge in [0.05, 0.1) is 61.4 Å². The first-order valence-corrected chi connectivity index (χ1v) is 24.1. The fraction of sp³-hybridized carbons (Fsp3) is 0.694. The first-order valence-electron chi connectivity index (χ1n) is 17.1. The van der Waals surface area contributed by atoms with Crippen molar-refractivity contribution >= 4 is 44.7 Å². The highest BCUT2D eigenvalue weighted by molar-refractivity contribution is 6.88. The Bertz CT molecular complexity index is 1510. The lowest BCUT2D eigenvalue weighted by molar-refractivity contribution is -0.896. The Morgan fingerprint density at radius 1 is 0.872 bits per heavy atom. The van der Waals surface area contributed by atoms with E-state index in [-0.39, 0.29) is 64.8 Å². The summed E-state index contributed by atoms with van der Waals surface area (Å²) in [6, 6.07) is 3.87. The molecule has 0 aliphatic carbocycles. The number of furan rings is 2. The summed E-state index contributed by atoms with van der Waals surface area (Å²) in [5.41, 5.74) is 0.631. The van der Waals surface area contributed by atoms with Crippen LogP contribution < -0.4 is 10.8 Å². The highest BCUT2D eigenvalue weighted by Crippen LogP contribution is 2.62. The third-order valence-corrected chi connectivity index (χ3v) is 14.1. The normalized spacial score (nSPS) is 29.6. The summed E-state index contributed by atoms with van der Waals surface area (Å²) in [5, 5.41) is 12.8. The van der Waals surface area contributed by atoms with Gasteiger partial charge in [-0.3, -0.25) is 14.1 Å². The summed E-state index contributed by atoms with van der Waals surface area (Å²) in [6.07, 6.45) is 2.60. The lowest BCUT2D eigenvalue weighted by Gasteiger charge is -2.59. The van der Waals surface area contributed by atoms with Gasteiger partial charge in [0.2, 0.25) is 5.91 Å². The number of quaternary nitrogens is 1. The maximum atomic E-state index is 13.2. The molecule has 0 bridgehead atoms. The quantitative estimate of drug-likeness (QED) is 0.167. The number of hydrogen-bond donors (Lipinski definition) is 1. The summed E-state index contributed by atoms with van der Waals surface area (Å²) < 4.78 is 17.5. The third-order valence-electron chi connectivity index (χ3n) is 10.6. The van der Waals surface area contributed by atoms with Crippen LogP contribution in [-0.2, 0) is 19.1 Å². The summed E-state index contributed by atoms with van der Waals surface area (Å²) in [4.78, 5) is 40.1. The molecule has 3 aliphatic heterocycles. The Labute approximate surface area is 283 Å². The van der Waals surface area contributed by atoms with E-state index in [0.29, 0.717) is 0 Å². The van der Waals surface area contributed by atoms with Gasteiger partial charge in [-0.25, -0.2) is 4.79 Å². The number of rotatable bonds is 8. The van der Waals surface area contributed by atoms with E-state index in [1.165, 1.54) is 0 Å². The van der Waals surface area contributed by atoms with Crippen LogP contribution in [0.25, 0.3) is 0 Å². The molecule has 47 heavy (non-hydrogen) atoms. The molecule has 262 valence electrons. The molecule has 0 unspecified atom stereocenters. The average Bonchev–Trinajstić information content (AvgIpc) is 3.69. The molecule has 1 spiro atoms. The number of aliphatic hydroxyl groups excluding tert-OH is 1. The van der Waals surface area contributed by atoms with Gasteiger partial charge in [-0.05, 0) is 44.7 Å². The zero-order valence-electron chi connectivity index (χ0n) is 31.3. The minimum absolute atomic E-state index is 0.0306. The van der Waals surface area contributed by atoms with E-state index in [1.807, 2.05) is 79.6 Å². The SMILES string of the molecule is CC(C)[C@@H]1OC(=O)C[C@]12C(=O)[N+](C)(C)[C@H]2c1ccoc1[Si](C)(C)C.CC(C)[C@H](O)[C@]1(C)C(=O)N(C(C)C)[C@H]1c1ccoc1[Si](C)(C)C. The number of cyclic esters (lactones) is 1. The molecule has 2 amide bonds. The van der Waals surface area contributed by atoms with Gasteiger partial charge < -0.3 is 23.6 Å². The molecule has 3 saturated heterocycles. The maximum absolute atomic E-state index is 13.2. The van der Waals surface area contributed by atoms with E-state index < -0.39 is 33.1 Å².